The first kappa shape index (κ1) is 28.4. The molecule has 0 bridgehead atoms. The van der Waals surface area contributed by atoms with E-state index in [4.69, 9.17) is 4.42 Å². The Balaban J connectivity index is 1.14. The quantitative estimate of drug-likeness (QED) is 0.137. The van der Waals surface area contributed by atoms with Crippen LogP contribution in [-0.2, 0) is 6.42 Å². The minimum atomic E-state index is 0.966. The van der Waals surface area contributed by atoms with Gasteiger partial charge >= 0.3 is 0 Å². The summed E-state index contributed by atoms with van der Waals surface area (Å²) in [5, 5.41) is 14.0. The molecule has 9 aromatic carbocycles. The minimum Gasteiger partial charge on any atom is -0.460 e. The largest absolute Gasteiger partial charge is 0.460 e. The molecule has 51 heavy (non-hydrogen) atoms. The highest BCUT2D eigenvalue weighted by Crippen LogP contribution is 2.46. The summed E-state index contributed by atoms with van der Waals surface area (Å²) in [6, 6.07) is 58.4. The predicted molar refractivity (Wildman–Crippen MR) is 217 cm³/mol. The van der Waals surface area contributed by atoms with Gasteiger partial charge in [0.05, 0.1) is 0 Å². The molecule has 0 saturated carbocycles. The van der Waals surface area contributed by atoms with E-state index in [1.165, 1.54) is 98.2 Å². The third-order valence-electron chi connectivity index (χ3n) is 11.1. The molecule has 0 spiro atoms. The smallest absolute Gasteiger partial charge is 0.134 e. The summed E-state index contributed by atoms with van der Waals surface area (Å²) in [4.78, 5) is 0. The maximum Gasteiger partial charge on any atom is 0.134 e. The van der Waals surface area contributed by atoms with Gasteiger partial charge in [0.2, 0.25) is 0 Å². The maximum absolute atomic E-state index is 6.23. The fraction of sp³-hybridized carbons (Fsp3) is 0.0400. The second kappa shape index (κ2) is 11.0. The van der Waals surface area contributed by atoms with Crippen LogP contribution in [0, 0.1) is 0 Å². The molecule has 0 saturated heterocycles. The summed E-state index contributed by atoms with van der Waals surface area (Å²) in [6.07, 6.45) is 6.49. The number of hydrogen-bond acceptors (Lipinski definition) is 1. The minimum absolute atomic E-state index is 0.966. The molecule has 0 aliphatic heterocycles. The number of benzene rings is 9. The second-order valence-electron chi connectivity index (χ2n) is 13.9. The first-order valence-electron chi connectivity index (χ1n) is 17.9. The van der Waals surface area contributed by atoms with Crippen LogP contribution < -0.4 is 0 Å². The standard InChI is InChI=1S/C50H32O/c1-2-16-37-35(14-1)36-15-3-4-17-38(36)45-30-34(24-26-39(37)45)50-43-21-7-5-19-41(43)49(42-20-6-8-22-44(42)50)33-13-11-12-31(28-33)32-25-27-48-46(29-32)40-18-9-10-23-47(40)51-48/h1-9,11-22,24-30H,10,23H2. The summed E-state index contributed by atoms with van der Waals surface area (Å²) in [7, 11) is 0. The van der Waals surface area contributed by atoms with Crippen molar-refractivity contribution < 1.29 is 4.42 Å². The average Bonchev–Trinajstić information content (AvgIpc) is 3.58. The van der Waals surface area contributed by atoms with Gasteiger partial charge in [0.15, 0.2) is 0 Å². The normalized spacial score (nSPS) is 12.9. The van der Waals surface area contributed by atoms with Crippen LogP contribution in [0.2, 0.25) is 0 Å². The van der Waals surface area contributed by atoms with Gasteiger partial charge in [-0.2, -0.15) is 0 Å². The van der Waals surface area contributed by atoms with E-state index in [1.54, 1.807) is 0 Å². The first-order chi connectivity index (χ1) is 25.3. The Morgan fingerprint density at radius 3 is 1.45 bits per heavy atom. The number of aryl methyl sites for hydroxylation is 1. The van der Waals surface area contributed by atoms with Crippen LogP contribution in [0.15, 0.2) is 168 Å². The Morgan fingerprint density at radius 1 is 0.353 bits per heavy atom. The molecule has 1 nitrogen and oxygen atoms in total. The van der Waals surface area contributed by atoms with Gasteiger partial charge in [0.1, 0.15) is 11.3 Å². The molecule has 0 atom stereocenters. The highest BCUT2D eigenvalue weighted by Gasteiger charge is 2.19. The Morgan fingerprint density at radius 2 is 0.824 bits per heavy atom. The molecule has 0 N–H and O–H groups in total. The lowest BCUT2D eigenvalue weighted by molar-refractivity contribution is 0.546. The first-order valence-corrected chi connectivity index (χ1v) is 17.9. The molecule has 1 aliphatic carbocycles. The van der Waals surface area contributed by atoms with Gasteiger partial charge in [-0.05, 0) is 118 Å². The van der Waals surface area contributed by atoms with Gasteiger partial charge in [-0.1, -0.05) is 146 Å². The van der Waals surface area contributed by atoms with E-state index in [2.05, 4.69) is 170 Å². The van der Waals surface area contributed by atoms with E-state index in [0.29, 0.717) is 0 Å². The zero-order valence-corrected chi connectivity index (χ0v) is 28.0. The van der Waals surface area contributed by atoms with E-state index in [-0.39, 0.29) is 0 Å². The third kappa shape index (κ3) is 4.28. The summed E-state index contributed by atoms with van der Waals surface area (Å²) in [6.45, 7) is 0. The molecule has 0 unspecified atom stereocenters. The number of furan rings is 1. The van der Waals surface area contributed by atoms with Gasteiger partial charge in [0, 0.05) is 17.4 Å². The number of allylic oxidation sites excluding steroid dienone is 1. The molecule has 0 amide bonds. The average molecular weight is 649 g/mol. The highest BCUT2D eigenvalue weighted by atomic mass is 16.3. The lowest BCUT2D eigenvalue weighted by Gasteiger charge is -2.19. The fourth-order valence-corrected chi connectivity index (χ4v) is 8.80. The molecule has 10 aromatic rings. The van der Waals surface area contributed by atoms with Crippen molar-refractivity contribution in [2.75, 3.05) is 0 Å². The van der Waals surface area contributed by atoms with Gasteiger partial charge in [-0.25, -0.2) is 0 Å². The fourth-order valence-electron chi connectivity index (χ4n) is 8.80. The van der Waals surface area contributed by atoms with Crippen molar-refractivity contribution in [1.29, 1.82) is 0 Å². The lowest BCUT2D eigenvalue weighted by Crippen LogP contribution is -1.92. The van der Waals surface area contributed by atoms with Gasteiger partial charge in [0.25, 0.3) is 0 Å². The molecule has 11 rings (SSSR count). The van der Waals surface area contributed by atoms with Crippen LogP contribution >= 0.6 is 0 Å². The number of rotatable bonds is 3. The Labute approximate surface area is 295 Å². The summed E-state index contributed by atoms with van der Waals surface area (Å²) < 4.78 is 6.23. The molecule has 1 heterocycles. The van der Waals surface area contributed by atoms with Crippen LogP contribution in [0.5, 0.6) is 0 Å². The number of fused-ring (bicyclic) bond motifs is 11. The van der Waals surface area contributed by atoms with Crippen LogP contribution in [0.25, 0.3) is 104 Å². The Kier molecular flexibility index (Phi) is 6.15. The van der Waals surface area contributed by atoms with Gasteiger partial charge < -0.3 is 4.42 Å². The third-order valence-corrected chi connectivity index (χ3v) is 11.1. The van der Waals surface area contributed by atoms with Crippen molar-refractivity contribution in [1.82, 2.24) is 0 Å². The van der Waals surface area contributed by atoms with E-state index in [1.807, 2.05) is 0 Å². The number of hydrogen-bond donors (Lipinski definition) is 0. The van der Waals surface area contributed by atoms with Crippen molar-refractivity contribution in [2.24, 2.45) is 0 Å². The molecule has 0 radical (unpaired) electrons. The zero-order chi connectivity index (χ0) is 33.5. The molecule has 1 aliphatic rings. The van der Waals surface area contributed by atoms with Crippen molar-refractivity contribution in [3.05, 3.63) is 175 Å². The van der Waals surface area contributed by atoms with Crippen molar-refractivity contribution in [3.8, 4) is 33.4 Å². The van der Waals surface area contributed by atoms with E-state index in [9.17, 15) is 0 Å². The van der Waals surface area contributed by atoms with Crippen molar-refractivity contribution in [3.63, 3.8) is 0 Å². The van der Waals surface area contributed by atoms with Crippen molar-refractivity contribution in [2.45, 2.75) is 12.8 Å². The molecule has 1 heteroatoms. The van der Waals surface area contributed by atoms with E-state index >= 15 is 0 Å². The van der Waals surface area contributed by atoms with Gasteiger partial charge in [-0.15, -0.1) is 0 Å². The maximum atomic E-state index is 6.23. The van der Waals surface area contributed by atoms with Crippen molar-refractivity contribution >= 4 is 70.9 Å². The highest BCUT2D eigenvalue weighted by molar-refractivity contribution is 6.27. The van der Waals surface area contributed by atoms with Crippen LogP contribution in [-0.4, -0.2) is 0 Å². The van der Waals surface area contributed by atoms with Crippen LogP contribution in [0.4, 0.5) is 0 Å². The van der Waals surface area contributed by atoms with Crippen LogP contribution in [0.1, 0.15) is 17.7 Å². The molecule has 238 valence electrons. The molecular weight excluding hydrogens is 617 g/mol. The summed E-state index contributed by atoms with van der Waals surface area (Å²) >= 11 is 0. The molecule has 0 fully saturated rings. The van der Waals surface area contributed by atoms with E-state index in [0.717, 1.165) is 24.2 Å². The zero-order valence-electron chi connectivity index (χ0n) is 28.0. The predicted octanol–water partition coefficient (Wildman–Crippen LogP) is 14.2. The van der Waals surface area contributed by atoms with E-state index < -0.39 is 0 Å². The molecule has 1 aromatic heterocycles. The summed E-state index contributed by atoms with van der Waals surface area (Å²) in [5.74, 6) is 1.10. The monoisotopic (exact) mass is 648 g/mol. The second-order valence-corrected chi connectivity index (χ2v) is 13.9. The van der Waals surface area contributed by atoms with Gasteiger partial charge in [-0.3, -0.25) is 0 Å². The topological polar surface area (TPSA) is 13.1 Å². The Hall–Kier alpha value is -6.44. The lowest BCUT2D eigenvalue weighted by atomic mass is 9.84. The molecular formula is C50H32O. The SMILES string of the molecule is C1=Cc2c(oc3ccc(-c4cccc(-c5c6ccccc6c(-c6ccc7c8ccccc8c8ccccc8c7c6)c6ccccc56)c4)cc23)CC1. The Bertz CT molecular complexity index is 2990. The van der Waals surface area contributed by atoms with Crippen LogP contribution in [0.3, 0.4) is 0 Å². The summed E-state index contributed by atoms with van der Waals surface area (Å²) in [5.41, 5.74) is 9.61.